The fourth-order valence-electron chi connectivity index (χ4n) is 3.56. The minimum atomic E-state index is -0.746. The maximum Gasteiger partial charge on any atom is 0.410 e. The van der Waals surface area contributed by atoms with Gasteiger partial charge in [-0.3, -0.25) is 4.79 Å². The Bertz CT molecular complexity index is 427. The van der Waals surface area contributed by atoms with Crippen molar-refractivity contribution >= 4 is 12.1 Å². The van der Waals surface area contributed by atoms with Crippen LogP contribution in [-0.2, 0) is 9.53 Å². The van der Waals surface area contributed by atoms with Crippen molar-refractivity contribution in [3.8, 4) is 0 Å². The van der Waals surface area contributed by atoms with Gasteiger partial charge < -0.3 is 20.1 Å². The molecule has 0 aromatic heterocycles. The molecule has 2 saturated heterocycles. The van der Waals surface area contributed by atoms with Crippen LogP contribution >= 0.6 is 0 Å². The van der Waals surface area contributed by atoms with Crippen LogP contribution in [0, 0.1) is 11.8 Å². The average molecular weight is 326 g/mol. The standard InChI is InChI=1S/C17H30N2O4/c1-17(2,3)23-16(22)19-9-6-13(15(20)21)11-14(19)10-12-4-7-18-8-5-12/h12-14,18H,4-11H2,1-3H3,(H,20,21). The van der Waals surface area contributed by atoms with Crippen LogP contribution in [0.2, 0.25) is 0 Å². The van der Waals surface area contributed by atoms with E-state index in [4.69, 9.17) is 4.74 Å². The lowest BCUT2D eigenvalue weighted by Crippen LogP contribution is -2.50. The number of ether oxygens (including phenoxy) is 1. The Morgan fingerprint density at radius 1 is 1.22 bits per heavy atom. The molecule has 2 heterocycles. The summed E-state index contributed by atoms with van der Waals surface area (Å²) in [6.45, 7) is 8.06. The van der Waals surface area contributed by atoms with Crippen LogP contribution in [0.1, 0.15) is 52.9 Å². The number of carbonyl (C=O) groups excluding carboxylic acids is 1. The molecule has 2 rings (SSSR count). The number of amides is 1. The first kappa shape index (κ1) is 18.0. The van der Waals surface area contributed by atoms with Crippen LogP contribution in [0.4, 0.5) is 4.79 Å². The van der Waals surface area contributed by atoms with Crippen molar-refractivity contribution in [2.75, 3.05) is 19.6 Å². The molecule has 0 radical (unpaired) electrons. The van der Waals surface area contributed by atoms with Gasteiger partial charge in [-0.05, 0) is 71.9 Å². The first-order valence-corrected chi connectivity index (χ1v) is 8.69. The molecule has 2 unspecified atom stereocenters. The SMILES string of the molecule is CC(C)(C)OC(=O)N1CCC(C(=O)O)CC1CC1CCNCC1. The van der Waals surface area contributed by atoms with Gasteiger partial charge >= 0.3 is 12.1 Å². The number of nitrogens with zero attached hydrogens (tertiary/aromatic N) is 1. The quantitative estimate of drug-likeness (QED) is 0.833. The molecule has 0 aromatic carbocycles. The molecular formula is C17H30N2O4. The summed E-state index contributed by atoms with van der Waals surface area (Å²) < 4.78 is 5.52. The fourth-order valence-corrected chi connectivity index (χ4v) is 3.56. The second-order valence-electron chi connectivity index (χ2n) is 7.82. The molecule has 0 aliphatic carbocycles. The molecule has 6 nitrogen and oxygen atoms in total. The number of nitrogens with one attached hydrogen (secondary N) is 1. The summed E-state index contributed by atoms with van der Waals surface area (Å²) >= 11 is 0. The fraction of sp³-hybridized carbons (Fsp3) is 0.882. The molecule has 0 spiro atoms. The van der Waals surface area contributed by atoms with Gasteiger partial charge in [0.2, 0.25) is 0 Å². The predicted octanol–water partition coefficient (Wildman–Crippen LogP) is 2.48. The Hall–Kier alpha value is -1.30. The molecule has 2 aliphatic heterocycles. The molecule has 0 bridgehead atoms. The number of hydrogen-bond acceptors (Lipinski definition) is 4. The number of carbonyl (C=O) groups is 2. The van der Waals surface area contributed by atoms with E-state index in [-0.39, 0.29) is 18.1 Å². The van der Waals surface area contributed by atoms with Crippen molar-refractivity contribution in [2.24, 2.45) is 11.8 Å². The van der Waals surface area contributed by atoms with E-state index < -0.39 is 11.6 Å². The molecule has 2 fully saturated rings. The van der Waals surface area contributed by atoms with Gasteiger partial charge in [0, 0.05) is 12.6 Å². The second kappa shape index (κ2) is 7.51. The largest absolute Gasteiger partial charge is 0.481 e. The lowest BCUT2D eigenvalue weighted by molar-refractivity contribution is -0.144. The maximum absolute atomic E-state index is 12.5. The minimum absolute atomic E-state index is 0.0252. The Labute approximate surface area is 138 Å². The molecule has 1 amide bonds. The molecule has 2 N–H and O–H groups in total. The Kier molecular flexibility index (Phi) is 5.89. The summed E-state index contributed by atoms with van der Waals surface area (Å²) in [5, 5.41) is 12.7. The third-order valence-electron chi connectivity index (χ3n) is 4.76. The molecule has 2 atom stereocenters. The van der Waals surface area contributed by atoms with E-state index in [9.17, 15) is 14.7 Å². The van der Waals surface area contributed by atoms with Gasteiger partial charge in [-0.15, -0.1) is 0 Å². The highest BCUT2D eigenvalue weighted by Crippen LogP contribution is 2.31. The van der Waals surface area contributed by atoms with Gasteiger partial charge in [0.25, 0.3) is 0 Å². The molecule has 6 heteroatoms. The van der Waals surface area contributed by atoms with Gasteiger partial charge in [-0.1, -0.05) is 0 Å². The van der Waals surface area contributed by atoms with Crippen LogP contribution < -0.4 is 5.32 Å². The molecule has 23 heavy (non-hydrogen) atoms. The molecule has 0 saturated carbocycles. The van der Waals surface area contributed by atoms with Crippen LogP contribution in [0.3, 0.4) is 0 Å². The number of hydrogen-bond donors (Lipinski definition) is 2. The van der Waals surface area contributed by atoms with Crippen molar-refractivity contribution in [1.82, 2.24) is 10.2 Å². The maximum atomic E-state index is 12.5. The topological polar surface area (TPSA) is 78.9 Å². The first-order valence-electron chi connectivity index (χ1n) is 8.69. The summed E-state index contributed by atoms with van der Waals surface area (Å²) in [7, 11) is 0. The number of aliphatic carboxylic acids is 1. The summed E-state index contributed by atoms with van der Waals surface area (Å²) in [6, 6.07) is -0.0252. The van der Waals surface area contributed by atoms with Crippen molar-refractivity contribution < 1.29 is 19.4 Å². The van der Waals surface area contributed by atoms with Gasteiger partial charge in [-0.25, -0.2) is 4.79 Å². The zero-order valence-electron chi connectivity index (χ0n) is 14.5. The zero-order valence-corrected chi connectivity index (χ0v) is 14.5. The van der Waals surface area contributed by atoms with Crippen molar-refractivity contribution in [2.45, 2.75) is 64.5 Å². The van der Waals surface area contributed by atoms with E-state index >= 15 is 0 Å². The van der Waals surface area contributed by atoms with E-state index in [0.29, 0.717) is 25.3 Å². The second-order valence-corrected chi connectivity index (χ2v) is 7.82. The zero-order chi connectivity index (χ0) is 17.0. The Balaban J connectivity index is 2.04. The smallest absolute Gasteiger partial charge is 0.410 e. The predicted molar refractivity (Wildman–Crippen MR) is 87.3 cm³/mol. The summed E-state index contributed by atoms with van der Waals surface area (Å²) in [4.78, 5) is 25.6. The van der Waals surface area contributed by atoms with Crippen LogP contribution in [0.5, 0.6) is 0 Å². The molecule has 0 aromatic rings. The summed E-state index contributed by atoms with van der Waals surface area (Å²) in [5.74, 6) is -0.539. The minimum Gasteiger partial charge on any atom is -0.481 e. The van der Waals surface area contributed by atoms with E-state index in [1.807, 2.05) is 20.8 Å². The monoisotopic (exact) mass is 326 g/mol. The lowest BCUT2D eigenvalue weighted by Gasteiger charge is -2.40. The molecule has 2 aliphatic rings. The van der Waals surface area contributed by atoms with Gasteiger partial charge in [0.15, 0.2) is 0 Å². The van der Waals surface area contributed by atoms with E-state index in [1.54, 1.807) is 4.90 Å². The van der Waals surface area contributed by atoms with Crippen LogP contribution in [-0.4, -0.2) is 53.3 Å². The van der Waals surface area contributed by atoms with Crippen molar-refractivity contribution in [3.63, 3.8) is 0 Å². The lowest BCUT2D eigenvalue weighted by atomic mass is 9.83. The number of likely N-dealkylation sites (tertiary alicyclic amines) is 1. The third kappa shape index (κ3) is 5.37. The highest BCUT2D eigenvalue weighted by Gasteiger charge is 2.37. The van der Waals surface area contributed by atoms with Gasteiger partial charge in [0.05, 0.1) is 5.92 Å². The van der Waals surface area contributed by atoms with Crippen LogP contribution in [0.15, 0.2) is 0 Å². The average Bonchev–Trinajstić information content (AvgIpc) is 2.46. The van der Waals surface area contributed by atoms with Crippen molar-refractivity contribution in [3.05, 3.63) is 0 Å². The summed E-state index contributed by atoms with van der Waals surface area (Å²) in [6.07, 6.45) is 3.81. The summed E-state index contributed by atoms with van der Waals surface area (Å²) in [5.41, 5.74) is -0.528. The number of rotatable bonds is 3. The van der Waals surface area contributed by atoms with E-state index in [1.165, 1.54) is 0 Å². The number of piperidine rings is 2. The highest BCUT2D eigenvalue weighted by atomic mass is 16.6. The van der Waals surface area contributed by atoms with Crippen molar-refractivity contribution in [1.29, 1.82) is 0 Å². The van der Waals surface area contributed by atoms with E-state index in [2.05, 4.69) is 5.32 Å². The Morgan fingerprint density at radius 3 is 2.43 bits per heavy atom. The Morgan fingerprint density at radius 2 is 1.87 bits per heavy atom. The number of carboxylic acid groups (broad SMARTS) is 1. The highest BCUT2D eigenvalue weighted by molar-refractivity contribution is 5.72. The van der Waals surface area contributed by atoms with Crippen LogP contribution in [0.25, 0.3) is 0 Å². The molecule has 132 valence electrons. The third-order valence-corrected chi connectivity index (χ3v) is 4.76. The number of carboxylic acids is 1. The normalized spacial score (nSPS) is 26.8. The van der Waals surface area contributed by atoms with E-state index in [0.717, 1.165) is 32.4 Å². The van der Waals surface area contributed by atoms with Gasteiger partial charge in [0.1, 0.15) is 5.60 Å². The van der Waals surface area contributed by atoms with Gasteiger partial charge in [-0.2, -0.15) is 0 Å². The first-order chi connectivity index (χ1) is 10.8. The molecular weight excluding hydrogens is 296 g/mol.